The molecule has 0 fully saturated rings. The van der Waals surface area contributed by atoms with Gasteiger partial charge in [-0.05, 0) is 71.6 Å². The van der Waals surface area contributed by atoms with Gasteiger partial charge in [0.2, 0.25) is 34.5 Å². The summed E-state index contributed by atoms with van der Waals surface area (Å²) in [6.07, 6.45) is 0. The highest BCUT2D eigenvalue weighted by Crippen LogP contribution is 2.68. The summed E-state index contributed by atoms with van der Waals surface area (Å²) in [7, 11) is 6.57. The monoisotopic (exact) mass is 964 g/mol. The maximum atomic E-state index is 12.4. The van der Waals surface area contributed by atoms with E-state index in [1.807, 2.05) is 0 Å². The Kier molecular flexibility index (Phi) is 9.14. The van der Waals surface area contributed by atoms with Gasteiger partial charge < -0.3 is 107 Å². The molecule has 2 radical (unpaired) electrons. The van der Waals surface area contributed by atoms with Crippen molar-refractivity contribution in [2.24, 2.45) is 0 Å². The maximum absolute atomic E-state index is 12.4. The van der Waals surface area contributed by atoms with Crippen molar-refractivity contribution in [3.63, 3.8) is 0 Å². The molecule has 1 aromatic heterocycles. The Labute approximate surface area is 387 Å². The third kappa shape index (κ3) is 5.17. The molecule has 0 unspecified atom stereocenters. The standard InChI is InChI=1S/C46H33BO21S/c1-5-7(3)24(48)29(53)12-9(5)10-6(2)8(4)25(49)30(54)13(10)14-11(12)23(47)28(52)15(26(14)50)16-27(51)17(32(56)39(63)31(16)55)19-35(59)40(64)37(61)21-22-38(62)41(65)36(60)20(46(22)69-45(19)21)18-33(57)42(66)44(68)43(67)34(18)58/h48-68H,1-4H3. The fourth-order valence-electron chi connectivity index (χ4n) is 9.24. The van der Waals surface area contributed by atoms with Gasteiger partial charge in [-0.2, -0.15) is 0 Å². The molecule has 1 heterocycles. The van der Waals surface area contributed by atoms with Crippen LogP contribution < -0.4 is 5.46 Å². The molecule has 9 aromatic rings. The van der Waals surface area contributed by atoms with Crippen molar-refractivity contribution in [1.82, 2.24) is 0 Å². The minimum Gasteiger partial charge on any atom is -0.508 e. The van der Waals surface area contributed by atoms with Gasteiger partial charge in [-0.1, -0.05) is 0 Å². The van der Waals surface area contributed by atoms with Crippen molar-refractivity contribution in [1.29, 1.82) is 0 Å². The van der Waals surface area contributed by atoms with Crippen LogP contribution in [-0.2, 0) is 0 Å². The summed E-state index contributed by atoms with van der Waals surface area (Å²) in [5, 5.41) is 233. The van der Waals surface area contributed by atoms with Crippen LogP contribution in [0.3, 0.4) is 0 Å². The van der Waals surface area contributed by atoms with Crippen LogP contribution in [0.15, 0.2) is 0 Å². The Balaban J connectivity index is 1.50. The van der Waals surface area contributed by atoms with E-state index in [1.54, 1.807) is 0 Å². The van der Waals surface area contributed by atoms with Gasteiger partial charge in [-0.3, -0.25) is 0 Å². The molecule has 0 saturated heterocycles. The maximum Gasteiger partial charge on any atom is 0.208 e. The number of hydrogen-bond donors (Lipinski definition) is 21. The zero-order valence-electron chi connectivity index (χ0n) is 35.4. The minimum atomic E-state index is -1.61. The molecule has 0 spiro atoms. The number of phenolic OH excluding ortho intramolecular Hbond substituents is 21. The van der Waals surface area contributed by atoms with E-state index in [-0.39, 0.29) is 44.2 Å². The average Bonchev–Trinajstić information content (AvgIpc) is 3.71. The molecule has 8 aromatic carbocycles. The van der Waals surface area contributed by atoms with Crippen molar-refractivity contribution in [2.75, 3.05) is 0 Å². The Hall–Kier alpha value is -9.38. The first kappa shape index (κ1) is 44.8. The van der Waals surface area contributed by atoms with Crippen LogP contribution in [0.1, 0.15) is 22.3 Å². The first-order chi connectivity index (χ1) is 32.2. The Morgan fingerprint density at radius 2 is 0.478 bits per heavy atom. The lowest BCUT2D eigenvalue weighted by molar-refractivity contribution is 0.329. The third-order valence-electron chi connectivity index (χ3n) is 13.0. The molecule has 352 valence electrons. The topological polar surface area (TPSA) is 425 Å². The molecule has 0 bridgehead atoms. The molecule has 9 rings (SSSR count). The fourth-order valence-corrected chi connectivity index (χ4v) is 10.6. The van der Waals surface area contributed by atoms with Crippen LogP contribution >= 0.6 is 11.3 Å². The second kappa shape index (κ2) is 14.1. The number of thiophene rings is 1. The largest absolute Gasteiger partial charge is 0.508 e. The second-order valence-electron chi connectivity index (χ2n) is 16.2. The smallest absolute Gasteiger partial charge is 0.208 e. The lowest BCUT2D eigenvalue weighted by Gasteiger charge is -2.24. The van der Waals surface area contributed by atoms with Gasteiger partial charge in [0.1, 0.15) is 25.1 Å². The molecule has 0 aliphatic carbocycles. The SMILES string of the molecule is [B]c1c(O)c(-c2c(O)c(O)c(O)c(-c3c(O)c(O)c(O)c4c3sc3c(-c5c(O)c(O)c(O)c(O)c5O)c(O)c(O)c(O)c34)c2O)c(O)c2c1c1c(O)c(O)c(C)c(C)c1c1c(C)c(C)c(O)c(O)c12. The quantitative estimate of drug-likeness (QED) is 0.0396. The molecule has 21 nitrogen and oxygen atoms in total. The lowest BCUT2D eigenvalue weighted by Crippen LogP contribution is -2.09. The molecule has 23 heteroatoms. The fraction of sp³-hybridized carbons (Fsp3) is 0.0870. The van der Waals surface area contributed by atoms with Crippen LogP contribution in [-0.4, -0.2) is 115 Å². The molecule has 0 aliphatic rings. The predicted molar refractivity (Wildman–Crippen MR) is 247 cm³/mol. The van der Waals surface area contributed by atoms with Gasteiger partial charge in [0.05, 0.1) is 53.6 Å². The average molecular weight is 965 g/mol. The van der Waals surface area contributed by atoms with E-state index in [9.17, 15) is 107 Å². The van der Waals surface area contributed by atoms with Gasteiger partial charge in [0.15, 0.2) is 69.0 Å². The van der Waals surface area contributed by atoms with Crippen LogP contribution in [0.4, 0.5) is 0 Å². The van der Waals surface area contributed by atoms with E-state index in [0.29, 0.717) is 5.56 Å². The van der Waals surface area contributed by atoms with Gasteiger partial charge >= 0.3 is 0 Å². The summed E-state index contributed by atoms with van der Waals surface area (Å²) < 4.78 is -1.40. The Morgan fingerprint density at radius 1 is 0.217 bits per heavy atom. The summed E-state index contributed by atoms with van der Waals surface area (Å²) in [5.41, 5.74) is -6.81. The summed E-state index contributed by atoms with van der Waals surface area (Å²) in [4.78, 5) is 0. The Bertz CT molecular complexity index is 3900. The molecule has 69 heavy (non-hydrogen) atoms. The second-order valence-corrected chi connectivity index (χ2v) is 17.3. The van der Waals surface area contributed by atoms with Gasteiger partial charge in [0.25, 0.3) is 0 Å². The van der Waals surface area contributed by atoms with E-state index < -0.39 is 196 Å². The molecule has 0 saturated carbocycles. The van der Waals surface area contributed by atoms with Crippen molar-refractivity contribution >= 4 is 77.1 Å². The predicted octanol–water partition coefficient (Wildman–Crippen LogP) is 6.36. The molecule has 0 amide bonds. The van der Waals surface area contributed by atoms with Crippen LogP contribution in [0.5, 0.6) is 121 Å². The molecule has 21 N–H and O–H groups in total. The van der Waals surface area contributed by atoms with Gasteiger partial charge in [0, 0.05) is 16.2 Å². The first-order valence-corrected chi connectivity index (χ1v) is 20.5. The number of rotatable bonds is 3. The zero-order chi connectivity index (χ0) is 51.0. The van der Waals surface area contributed by atoms with Crippen LogP contribution in [0, 0.1) is 27.7 Å². The lowest BCUT2D eigenvalue weighted by atomic mass is 9.77. The highest BCUT2D eigenvalue weighted by Gasteiger charge is 2.38. The first-order valence-electron chi connectivity index (χ1n) is 19.6. The Morgan fingerprint density at radius 3 is 0.884 bits per heavy atom. The minimum absolute atomic E-state index is 0.0472. The van der Waals surface area contributed by atoms with Crippen molar-refractivity contribution in [2.45, 2.75) is 27.7 Å². The molecule has 0 atom stereocenters. The number of benzene rings is 8. The van der Waals surface area contributed by atoms with Gasteiger partial charge in [-0.15, -0.1) is 11.3 Å². The van der Waals surface area contributed by atoms with Crippen LogP contribution in [0.25, 0.3) is 85.9 Å². The van der Waals surface area contributed by atoms with Crippen molar-refractivity contribution in [3.8, 4) is 154 Å². The van der Waals surface area contributed by atoms with Crippen molar-refractivity contribution in [3.05, 3.63) is 22.3 Å². The number of phenols is 21. The summed E-state index contributed by atoms with van der Waals surface area (Å²) in [6.45, 7) is 5.94. The number of fused-ring (bicyclic) bond motifs is 9. The summed E-state index contributed by atoms with van der Waals surface area (Å²) in [5.74, 6) is -27.8. The van der Waals surface area contributed by atoms with Crippen molar-refractivity contribution < 1.29 is 107 Å². The molecular weight excluding hydrogens is 931 g/mol. The van der Waals surface area contributed by atoms with E-state index >= 15 is 0 Å². The normalized spacial score (nSPS) is 11.9. The van der Waals surface area contributed by atoms with E-state index in [0.717, 1.165) is 0 Å². The number of hydrogen-bond acceptors (Lipinski definition) is 22. The third-order valence-corrected chi connectivity index (χ3v) is 14.2. The van der Waals surface area contributed by atoms with E-state index in [1.165, 1.54) is 27.7 Å². The number of aromatic hydroxyl groups is 21. The molecule has 0 aliphatic heterocycles. The zero-order valence-corrected chi connectivity index (χ0v) is 36.2. The summed E-state index contributed by atoms with van der Waals surface area (Å²) >= 11 is 0.173. The van der Waals surface area contributed by atoms with Gasteiger partial charge in [-0.25, -0.2) is 0 Å². The highest BCUT2D eigenvalue weighted by molar-refractivity contribution is 7.27. The van der Waals surface area contributed by atoms with E-state index in [4.69, 9.17) is 7.85 Å². The van der Waals surface area contributed by atoms with Crippen LogP contribution in [0.2, 0.25) is 0 Å². The number of aryl methyl sites for hydroxylation is 2. The highest BCUT2D eigenvalue weighted by atomic mass is 32.1. The molecular formula is C46H33BO21S. The summed E-state index contributed by atoms with van der Waals surface area (Å²) in [6, 6.07) is 0. The van der Waals surface area contributed by atoms with E-state index in [2.05, 4.69) is 0 Å².